The van der Waals surface area contributed by atoms with Crippen molar-refractivity contribution in [2.45, 2.75) is 45.4 Å². The standard InChI is InChI=1S/C15H22ClNO/c1-10(2)15(12-4-6-13(16)7-5-12)17-14-8-9-18-11(14)3/h4-7,10-11,14-15,17H,8-9H2,1-3H3. The number of ether oxygens (including phenoxy) is 1. The molecule has 0 spiro atoms. The third-order valence-corrected chi connectivity index (χ3v) is 3.92. The minimum Gasteiger partial charge on any atom is -0.377 e. The first kappa shape index (κ1) is 13.9. The van der Waals surface area contributed by atoms with Gasteiger partial charge in [-0.1, -0.05) is 37.6 Å². The van der Waals surface area contributed by atoms with Crippen molar-refractivity contribution in [1.82, 2.24) is 5.32 Å². The molecule has 1 aromatic rings. The summed E-state index contributed by atoms with van der Waals surface area (Å²) < 4.78 is 5.62. The fourth-order valence-corrected chi connectivity index (χ4v) is 2.65. The zero-order valence-electron chi connectivity index (χ0n) is 11.3. The lowest BCUT2D eigenvalue weighted by molar-refractivity contribution is 0.109. The summed E-state index contributed by atoms with van der Waals surface area (Å²) in [6.07, 6.45) is 1.40. The molecule has 0 aliphatic carbocycles. The molecule has 1 N–H and O–H groups in total. The molecule has 1 heterocycles. The van der Waals surface area contributed by atoms with E-state index in [1.54, 1.807) is 0 Å². The Morgan fingerprint density at radius 2 is 1.94 bits per heavy atom. The van der Waals surface area contributed by atoms with E-state index in [0.29, 0.717) is 24.1 Å². The first-order valence-electron chi connectivity index (χ1n) is 6.71. The molecular weight excluding hydrogens is 246 g/mol. The number of nitrogens with one attached hydrogen (secondary N) is 1. The molecular formula is C15H22ClNO. The fraction of sp³-hybridized carbons (Fsp3) is 0.600. The quantitative estimate of drug-likeness (QED) is 0.896. The summed E-state index contributed by atoms with van der Waals surface area (Å²) >= 11 is 5.95. The van der Waals surface area contributed by atoms with Gasteiger partial charge in [0.1, 0.15) is 0 Å². The van der Waals surface area contributed by atoms with Crippen LogP contribution in [0, 0.1) is 5.92 Å². The van der Waals surface area contributed by atoms with Crippen LogP contribution in [0.15, 0.2) is 24.3 Å². The Labute approximate surface area is 115 Å². The summed E-state index contributed by atoms with van der Waals surface area (Å²) in [5, 5.41) is 4.52. The first-order chi connectivity index (χ1) is 8.58. The van der Waals surface area contributed by atoms with Crippen molar-refractivity contribution in [3.05, 3.63) is 34.9 Å². The van der Waals surface area contributed by atoms with Crippen LogP contribution < -0.4 is 5.32 Å². The topological polar surface area (TPSA) is 21.3 Å². The zero-order valence-corrected chi connectivity index (χ0v) is 12.1. The van der Waals surface area contributed by atoms with Crippen LogP contribution in [0.4, 0.5) is 0 Å². The predicted octanol–water partition coefficient (Wildman–Crippen LogP) is 3.80. The van der Waals surface area contributed by atoms with E-state index in [1.165, 1.54) is 5.56 Å². The van der Waals surface area contributed by atoms with E-state index in [9.17, 15) is 0 Å². The van der Waals surface area contributed by atoms with Crippen molar-refractivity contribution in [2.75, 3.05) is 6.61 Å². The van der Waals surface area contributed by atoms with Crippen LogP contribution >= 0.6 is 11.6 Å². The second-order valence-corrected chi connectivity index (χ2v) is 5.85. The van der Waals surface area contributed by atoms with Gasteiger partial charge in [0.2, 0.25) is 0 Å². The van der Waals surface area contributed by atoms with Crippen LogP contribution in [-0.4, -0.2) is 18.8 Å². The van der Waals surface area contributed by atoms with Gasteiger partial charge >= 0.3 is 0 Å². The van der Waals surface area contributed by atoms with Crippen LogP contribution in [0.3, 0.4) is 0 Å². The first-order valence-corrected chi connectivity index (χ1v) is 7.09. The summed E-state index contributed by atoms with van der Waals surface area (Å²) in [6, 6.07) is 8.95. The summed E-state index contributed by atoms with van der Waals surface area (Å²) in [5.74, 6) is 0.541. The van der Waals surface area contributed by atoms with Gasteiger partial charge in [0.15, 0.2) is 0 Å². The summed E-state index contributed by atoms with van der Waals surface area (Å²) in [4.78, 5) is 0. The molecule has 100 valence electrons. The van der Waals surface area contributed by atoms with Crippen molar-refractivity contribution in [3.63, 3.8) is 0 Å². The fourth-order valence-electron chi connectivity index (χ4n) is 2.52. The maximum Gasteiger partial charge on any atom is 0.0700 e. The highest BCUT2D eigenvalue weighted by Gasteiger charge is 2.28. The molecule has 0 bridgehead atoms. The molecule has 1 aliphatic rings. The molecule has 3 atom stereocenters. The van der Waals surface area contributed by atoms with Crippen LogP contribution in [0.1, 0.15) is 38.8 Å². The van der Waals surface area contributed by atoms with Gasteiger partial charge in [0, 0.05) is 23.7 Å². The van der Waals surface area contributed by atoms with Gasteiger partial charge in [-0.2, -0.15) is 0 Å². The van der Waals surface area contributed by atoms with Gasteiger partial charge in [0.25, 0.3) is 0 Å². The molecule has 2 rings (SSSR count). The molecule has 0 amide bonds. The highest BCUT2D eigenvalue weighted by Crippen LogP contribution is 2.26. The van der Waals surface area contributed by atoms with E-state index in [1.807, 2.05) is 12.1 Å². The molecule has 1 saturated heterocycles. The van der Waals surface area contributed by atoms with Gasteiger partial charge in [-0.05, 0) is 37.0 Å². The Bertz CT molecular complexity index is 377. The Hall–Kier alpha value is -0.570. The van der Waals surface area contributed by atoms with Gasteiger partial charge in [-0.25, -0.2) is 0 Å². The second-order valence-electron chi connectivity index (χ2n) is 5.41. The Kier molecular flexibility index (Phi) is 4.66. The molecule has 0 radical (unpaired) electrons. The van der Waals surface area contributed by atoms with Crippen molar-refractivity contribution >= 4 is 11.6 Å². The van der Waals surface area contributed by atoms with Crippen molar-refractivity contribution < 1.29 is 4.74 Å². The maximum atomic E-state index is 5.95. The van der Waals surface area contributed by atoms with Crippen LogP contribution in [0.2, 0.25) is 5.02 Å². The highest BCUT2D eigenvalue weighted by molar-refractivity contribution is 6.30. The lowest BCUT2D eigenvalue weighted by Crippen LogP contribution is -2.39. The lowest BCUT2D eigenvalue weighted by atomic mass is 9.94. The van der Waals surface area contributed by atoms with Crippen molar-refractivity contribution in [1.29, 1.82) is 0 Å². The Balaban J connectivity index is 2.10. The molecule has 1 fully saturated rings. The average Bonchev–Trinajstić information content (AvgIpc) is 2.73. The average molecular weight is 268 g/mol. The molecule has 0 saturated carbocycles. The van der Waals surface area contributed by atoms with E-state index in [2.05, 4.69) is 38.2 Å². The van der Waals surface area contributed by atoms with E-state index in [4.69, 9.17) is 16.3 Å². The number of rotatable bonds is 4. The summed E-state index contributed by atoms with van der Waals surface area (Å²) in [5.41, 5.74) is 1.30. The van der Waals surface area contributed by atoms with Crippen LogP contribution in [-0.2, 0) is 4.74 Å². The SMILES string of the molecule is CC(C)C(NC1CCOC1C)c1ccc(Cl)cc1. The Morgan fingerprint density at radius 3 is 2.44 bits per heavy atom. The van der Waals surface area contributed by atoms with E-state index < -0.39 is 0 Å². The normalized spacial score (nSPS) is 25.6. The largest absolute Gasteiger partial charge is 0.377 e. The smallest absolute Gasteiger partial charge is 0.0700 e. The van der Waals surface area contributed by atoms with Gasteiger partial charge in [0.05, 0.1) is 6.10 Å². The molecule has 18 heavy (non-hydrogen) atoms. The third-order valence-electron chi connectivity index (χ3n) is 3.67. The van der Waals surface area contributed by atoms with Crippen LogP contribution in [0.25, 0.3) is 0 Å². The van der Waals surface area contributed by atoms with Crippen LogP contribution in [0.5, 0.6) is 0 Å². The number of halogens is 1. The predicted molar refractivity (Wildman–Crippen MR) is 76.0 cm³/mol. The Morgan fingerprint density at radius 1 is 1.28 bits per heavy atom. The summed E-state index contributed by atoms with van der Waals surface area (Å²) in [7, 11) is 0. The molecule has 1 aliphatic heterocycles. The minimum atomic E-state index is 0.304. The molecule has 3 heteroatoms. The summed E-state index contributed by atoms with van der Waals surface area (Å²) in [6.45, 7) is 7.49. The van der Waals surface area contributed by atoms with E-state index >= 15 is 0 Å². The molecule has 0 aromatic heterocycles. The van der Waals surface area contributed by atoms with Gasteiger partial charge in [-0.15, -0.1) is 0 Å². The van der Waals surface area contributed by atoms with Crippen molar-refractivity contribution in [3.8, 4) is 0 Å². The molecule has 3 unspecified atom stereocenters. The van der Waals surface area contributed by atoms with Crippen molar-refractivity contribution in [2.24, 2.45) is 5.92 Å². The number of hydrogen-bond donors (Lipinski definition) is 1. The highest BCUT2D eigenvalue weighted by atomic mass is 35.5. The monoisotopic (exact) mass is 267 g/mol. The lowest BCUT2D eigenvalue weighted by Gasteiger charge is -2.28. The molecule has 2 nitrogen and oxygen atoms in total. The minimum absolute atomic E-state index is 0.304. The van der Waals surface area contributed by atoms with Gasteiger partial charge in [-0.3, -0.25) is 0 Å². The van der Waals surface area contributed by atoms with Gasteiger partial charge < -0.3 is 10.1 Å². The maximum absolute atomic E-state index is 5.95. The number of benzene rings is 1. The van der Waals surface area contributed by atoms with E-state index in [0.717, 1.165) is 18.1 Å². The van der Waals surface area contributed by atoms with E-state index in [-0.39, 0.29) is 0 Å². The zero-order chi connectivity index (χ0) is 13.1. The second kappa shape index (κ2) is 6.05. The third kappa shape index (κ3) is 3.25. The molecule has 1 aromatic carbocycles. The number of hydrogen-bond acceptors (Lipinski definition) is 2.